The first-order valence-electron chi connectivity index (χ1n) is 6.62. The highest BCUT2D eigenvalue weighted by Crippen LogP contribution is 2.33. The summed E-state index contributed by atoms with van der Waals surface area (Å²) in [6, 6.07) is 4.63. The Kier molecular flexibility index (Phi) is 4.45. The highest BCUT2D eigenvalue weighted by Gasteiger charge is 2.35. The SMILES string of the molecule is CC1CCCC(CBr)(NC(=O)c2cccc(=O)[nH]2)C1. The highest BCUT2D eigenvalue weighted by atomic mass is 79.9. The lowest BCUT2D eigenvalue weighted by molar-refractivity contribution is 0.0864. The molecule has 1 aromatic heterocycles. The minimum Gasteiger partial charge on any atom is -0.344 e. The molecular weight excluding hydrogens is 308 g/mol. The largest absolute Gasteiger partial charge is 0.344 e. The molecule has 0 bridgehead atoms. The van der Waals surface area contributed by atoms with Gasteiger partial charge in [0.1, 0.15) is 5.69 Å². The Labute approximate surface area is 121 Å². The fourth-order valence-electron chi connectivity index (χ4n) is 2.82. The van der Waals surface area contributed by atoms with E-state index in [1.807, 2.05) is 0 Å². The van der Waals surface area contributed by atoms with Crippen LogP contribution in [0.15, 0.2) is 23.0 Å². The number of nitrogens with one attached hydrogen (secondary N) is 2. The van der Waals surface area contributed by atoms with Crippen LogP contribution in [0.1, 0.15) is 43.1 Å². The van der Waals surface area contributed by atoms with E-state index in [1.54, 1.807) is 12.1 Å². The third-order valence-corrected chi connectivity index (χ3v) is 4.81. The van der Waals surface area contributed by atoms with Crippen molar-refractivity contribution >= 4 is 21.8 Å². The predicted molar refractivity (Wildman–Crippen MR) is 78.7 cm³/mol. The van der Waals surface area contributed by atoms with Gasteiger partial charge in [-0.25, -0.2) is 0 Å². The summed E-state index contributed by atoms with van der Waals surface area (Å²) in [6.07, 6.45) is 4.29. The lowest BCUT2D eigenvalue weighted by Crippen LogP contribution is -2.52. The number of halogens is 1. The Morgan fingerprint density at radius 2 is 2.37 bits per heavy atom. The van der Waals surface area contributed by atoms with Crippen molar-refractivity contribution < 1.29 is 4.79 Å². The molecule has 0 radical (unpaired) electrons. The van der Waals surface area contributed by atoms with Crippen LogP contribution in [0.3, 0.4) is 0 Å². The minimum absolute atomic E-state index is 0.193. The average Bonchev–Trinajstić information content (AvgIpc) is 2.38. The first-order valence-corrected chi connectivity index (χ1v) is 7.75. The summed E-state index contributed by atoms with van der Waals surface area (Å²) in [5.74, 6) is 0.410. The quantitative estimate of drug-likeness (QED) is 0.838. The zero-order valence-electron chi connectivity index (χ0n) is 11.0. The number of H-pyrrole nitrogens is 1. The molecule has 2 unspecified atom stereocenters. The molecule has 5 heteroatoms. The number of amides is 1. The number of carbonyl (C=O) groups excluding carboxylic acids is 1. The molecule has 4 nitrogen and oxygen atoms in total. The second-order valence-corrected chi connectivity index (χ2v) is 6.06. The van der Waals surface area contributed by atoms with E-state index in [4.69, 9.17) is 0 Å². The van der Waals surface area contributed by atoms with Gasteiger partial charge in [-0.3, -0.25) is 9.59 Å². The molecule has 1 amide bonds. The van der Waals surface area contributed by atoms with Crippen LogP contribution in [0.2, 0.25) is 0 Å². The van der Waals surface area contributed by atoms with Crippen molar-refractivity contribution in [3.8, 4) is 0 Å². The summed E-state index contributed by atoms with van der Waals surface area (Å²) in [5, 5.41) is 3.84. The van der Waals surface area contributed by atoms with Gasteiger partial charge in [0.15, 0.2) is 0 Å². The summed E-state index contributed by atoms with van der Waals surface area (Å²) in [4.78, 5) is 26.0. The summed E-state index contributed by atoms with van der Waals surface area (Å²) < 4.78 is 0. The van der Waals surface area contributed by atoms with E-state index in [1.165, 1.54) is 12.5 Å². The van der Waals surface area contributed by atoms with Crippen LogP contribution in [0.25, 0.3) is 0 Å². The zero-order valence-corrected chi connectivity index (χ0v) is 12.6. The van der Waals surface area contributed by atoms with Gasteiger partial charge in [-0.2, -0.15) is 0 Å². The van der Waals surface area contributed by atoms with Crippen molar-refractivity contribution in [2.24, 2.45) is 5.92 Å². The maximum atomic E-state index is 12.2. The molecule has 1 aliphatic carbocycles. The lowest BCUT2D eigenvalue weighted by Gasteiger charge is -2.39. The fourth-order valence-corrected chi connectivity index (χ4v) is 3.47. The molecule has 19 heavy (non-hydrogen) atoms. The van der Waals surface area contributed by atoms with Crippen molar-refractivity contribution in [3.63, 3.8) is 0 Å². The molecular formula is C14H19BrN2O2. The molecule has 2 rings (SSSR count). The number of pyridine rings is 1. The van der Waals surface area contributed by atoms with Crippen LogP contribution in [0.4, 0.5) is 0 Å². The number of alkyl halides is 1. The van der Waals surface area contributed by atoms with Gasteiger partial charge in [0.25, 0.3) is 5.91 Å². The van der Waals surface area contributed by atoms with Crippen LogP contribution in [0.5, 0.6) is 0 Å². The van der Waals surface area contributed by atoms with Gasteiger partial charge in [-0.1, -0.05) is 41.8 Å². The zero-order chi connectivity index (χ0) is 13.9. The van der Waals surface area contributed by atoms with Crippen molar-refractivity contribution in [1.29, 1.82) is 0 Å². The normalized spacial score (nSPS) is 26.9. The number of rotatable bonds is 3. The molecule has 2 N–H and O–H groups in total. The van der Waals surface area contributed by atoms with Crippen LogP contribution in [-0.4, -0.2) is 21.8 Å². The molecule has 0 saturated heterocycles. The molecule has 2 atom stereocenters. The van der Waals surface area contributed by atoms with Gasteiger partial charge >= 0.3 is 0 Å². The van der Waals surface area contributed by atoms with E-state index in [0.29, 0.717) is 11.6 Å². The summed E-state index contributed by atoms with van der Waals surface area (Å²) in [6.45, 7) is 2.22. The summed E-state index contributed by atoms with van der Waals surface area (Å²) in [5.41, 5.74) is -0.120. The van der Waals surface area contributed by atoms with Crippen molar-refractivity contribution in [1.82, 2.24) is 10.3 Å². The van der Waals surface area contributed by atoms with Crippen LogP contribution >= 0.6 is 15.9 Å². The number of aromatic amines is 1. The molecule has 104 valence electrons. The van der Waals surface area contributed by atoms with Crippen LogP contribution < -0.4 is 10.9 Å². The Morgan fingerprint density at radius 1 is 1.58 bits per heavy atom. The molecule has 1 aliphatic rings. The van der Waals surface area contributed by atoms with Gasteiger partial charge in [-0.15, -0.1) is 0 Å². The number of carbonyl (C=O) groups is 1. The molecule has 1 fully saturated rings. The molecule has 1 saturated carbocycles. The van der Waals surface area contributed by atoms with Gasteiger partial charge in [-0.05, 0) is 24.8 Å². The summed E-state index contributed by atoms with van der Waals surface area (Å²) >= 11 is 3.52. The van der Waals surface area contributed by atoms with Crippen molar-refractivity contribution in [3.05, 3.63) is 34.2 Å². The topological polar surface area (TPSA) is 62.0 Å². The minimum atomic E-state index is -0.252. The molecule has 1 heterocycles. The Bertz CT molecular complexity index is 514. The lowest BCUT2D eigenvalue weighted by atomic mass is 9.77. The average molecular weight is 327 g/mol. The van der Waals surface area contributed by atoms with Gasteiger partial charge in [0, 0.05) is 11.4 Å². The van der Waals surface area contributed by atoms with E-state index in [2.05, 4.69) is 33.2 Å². The number of hydrogen-bond acceptors (Lipinski definition) is 2. The maximum Gasteiger partial charge on any atom is 0.268 e. The first kappa shape index (κ1) is 14.3. The van der Waals surface area contributed by atoms with E-state index < -0.39 is 0 Å². The van der Waals surface area contributed by atoms with E-state index >= 15 is 0 Å². The molecule has 0 aromatic carbocycles. The second-order valence-electron chi connectivity index (χ2n) is 5.50. The molecule has 1 aromatic rings. The van der Waals surface area contributed by atoms with Crippen LogP contribution in [0, 0.1) is 5.92 Å². The standard InChI is InChI=1S/C14H19BrN2O2/c1-10-4-3-7-14(8-10,9-15)17-13(19)11-5-2-6-12(18)16-11/h2,5-6,10H,3-4,7-9H2,1H3,(H,16,18)(H,17,19). The Balaban J connectivity index is 2.14. The fraction of sp³-hybridized carbons (Fsp3) is 0.571. The third kappa shape index (κ3) is 3.47. The van der Waals surface area contributed by atoms with E-state index in [-0.39, 0.29) is 17.0 Å². The van der Waals surface area contributed by atoms with Crippen LogP contribution in [-0.2, 0) is 0 Å². The highest BCUT2D eigenvalue weighted by molar-refractivity contribution is 9.09. The van der Waals surface area contributed by atoms with Gasteiger partial charge < -0.3 is 10.3 Å². The number of aromatic nitrogens is 1. The smallest absolute Gasteiger partial charge is 0.268 e. The van der Waals surface area contributed by atoms with Gasteiger partial charge in [0.2, 0.25) is 5.56 Å². The third-order valence-electron chi connectivity index (χ3n) is 3.74. The van der Waals surface area contributed by atoms with E-state index in [0.717, 1.165) is 24.6 Å². The number of hydrogen-bond donors (Lipinski definition) is 2. The molecule has 0 spiro atoms. The predicted octanol–water partition coefficient (Wildman–Crippen LogP) is 2.45. The first-order chi connectivity index (χ1) is 9.04. The van der Waals surface area contributed by atoms with Crippen molar-refractivity contribution in [2.45, 2.75) is 38.1 Å². The van der Waals surface area contributed by atoms with Crippen molar-refractivity contribution in [2.75, 3.05) is 5.33 Å². The van der Waals surface area contributed by atoms with Gasteiger partial charge in [0.05, 0.1) is 5.54 Å². The van der Waals surface area contributed by atoms with E-state index in [9.17, 15) is 9.59 Å². The monoisotopic (exact) mass is 326 g/mol. The Hall–Kier alpha value is -1.10. The maximum absolute atomic E-state index is 12.2. The Morgan fingerprint density at radius 3 is 3.00 bits per heavy atom. The second kappa shape index (κ2) is 5.90. The summed E-state index contributed by atoms with van der Waals surface area (Å²) in [7, 11) is 0. The molecule has 0 aliphatic heterocycles.